The number of rotatable bonds is 4. The molecule has 0 saturated heterocycles. The van der Waals surface area contributed by atoms with Gasteiger partial charge in [0.15, 0.2) is 0 Å². The highest BCUT2D eigenvalue weighted by molar-refractivity contribution is 5.98. The van der Waals surface area contributed by atoms with Crippen molar-refractivity contribution in [3.05, 3.63) is 65.2 Å². The maximum absolute atomic E-state index is 12.4. The van der Waals surface area contributed by atoms with Gasteiger partial charge >= 0.3 is 0 Å². The third kappa shape index (κ3) is 3.31. The van der Waals surface area contributed by atoms with Gasteiger partial charge in [0, 0.05) is 12.2 Å². The zero-order chi connectivity index (χ0) is 17.1. The number of hydrogen-bond donors (Lipinski definition) is 2. The quantitative estimate of drug-likeness (QED) is 0.899. The lowest BCUT2D eigenvalue weighted by molar-refractivity contribution is -0.125. The number of nitrogens with zero attached hydrogens (tertiary/aromatic N) is 1. The molecule has 124 valence electrons. The summed E-state index contributed by atoms with van der Waals surface area (Å²) in [7, 11) is 0. The van der Waals surface area contributed by atoms with Crippen molar-refractivity contribution in [3.8, 4) is 0 Å². The molecule has 0 saturated carbocycles. The maximum Gasteiger partial charge on any atom is 0.246 e. The molecule has 0 aromatic heterocycles. The third-order valence-electron chi connectivity index (χ3n) is 4.32. The predicted octanol–water partition coefficient (Wildman–Crippen LogP) is 1.70. The molecule has 2 aromatic rings. The third-order valence-corrected chi connectivity index (χ3v) is 4.32. The molecule has 0 radical (unpaired) electrons. The number of benzene rings is 2. The van der Waals surface area contributed by atoms with Gasteiger partial charge in [0.25, 0.3) is 0 Å². The Bertz CT molecular complexity index is 755. The number of amides is 2. The molecule has 1 aliphatic rings. The summed E-state index contributed by atoms with van der Waals surface area (Å²) in [4.78, 5) is 26.3. The number of aryl methyl sites for hydroxylation is 1. The van der Waals surface area contributed by atoms with Gasteiger partial charge in [-0.3, -0.25) is 9.59 Å². The van der Waals surface area contributed by atoms with E-state index in [4.69, 9.17) is 5.73 Å². The van der Waals surface area contributed by atoms with Crippen LogP contribution < -0.4 is 16.0 Å². The number of nitrogens with one attached hydrogen (secondary N) is 1. The molecule has 0 bridgehead atoms. The van der Waals surface area contributed by atoms with Crippen LogP contribution in [-0.2, 0) is 16.0 Å². The molecule has 0 spiro atoms. The molecule has 2 aromatic carbocycles. The van der Waals surface area contributed by atoms with Crippen molar-refractivity contribution in [3.63, 3.8) is 0 Å². The second-order valence-electron chi connectivity index (χ2n) is 6.03. The van der Waals surface area contributed by atoms with E-state index in [1.54, 1.807) is 4.90 Å². The van der Waals surface area contributed by atoms with Gasteiger partial charge in [-0.25, -0.2) is 0 Å². The molecule has 1 heterocycles. The molecule has 1 atom stereocenters. The van der Waals surface area contributed by atoms with Gasteiger partial charge in [0.1, 0.15) is 6.04 Å². The fourth-order valence-corrected chi connectivity index (χ4v) is 2.89. The Labute approximate surface area is 141 Å². The summed E-state index contributed by atoms with van der Waals surface area (Å²) < 4.78 is 0. The Hall–Kier alpha value is -2.66. The second kappa shape index (κ2) is 6.84. The van der Waals surface area contributed by atoms with Crippen molar-refractivity contribution in [1.82, 2.24) is 5.32 Å². The monoisotopic (exact) mass is 323 g/mol. The zero-order valence-electron chi connectivity index (χ0n) is 13.7. The maximum atomic E-state index is 12.4. The average Bonchev–Trinajstić information content (AvgIpc) is 3.03. The molecule has 1 unspecified atom stereocenters. The Morgan fingerprint density at radius 2 is 1.88 bits per heavy atom. The summed E-state index contributed by atoms with van der Waals surface area (Å²) in [6, 6.07) is 14.5. The minimum atomic E-state index is -0.774. The highest BCUT2D eigenvalue weighted by atomic mass is 16.2. The number of fused-ring (bicyclic) bond motifs is 1. The average molecular weight is 323 g/mol. The highest BCUT2D eigenvalue weighted by Gasteiger charge is 2.25. The van der Waals surface area contributed by atoms with Crippen molar-refractivity contribution in [2.75, 3.05) is 18.0 Å². The van der Waals surface area contributed by atoms with Gasteiger partial charge in [-0.1, -0.05) is 48.0 Å². The molecule has 5 nitrogen and oxygen atoms in total. The lowest BCUT2D eigenvalue weighted by Crippen LogP contribution is -2.42. The lowest BCUT2D eigenvalue weighted by atomic mass is 10.1. The fourth-order valence-electron chi connectivity index (χ4n) is 2.89. The van der Waals surface area contributed by atoms with Crippen LogP contribution in [0.3, 0.4) is 0 Å². The van der Waals surface area contributed by atoms with E-state index in [-0.39, 0.29) is 18.4 Å². The summed E-state index contributed by atoms with van der Waals surface area (Å²) >= 11 is 0. The van der Waals surface area contributed by atoms with E-state index in [1.165, 1.54) is 0 Å². The number of carbonyl (C=O) groups excluding carboxylic acids is 2. The molecule has 5 heteroatoms. The van der Waals surface area contributed by atoms with Gasteiger partial charge in [0.2, 0.25) is 11.8 Å². The second-order valence-corrected chi connectivity index (χ2v) is 6.03. The summed E-state index contributed by atoms with van der Waals surface area (Å²) in [6.45, 7) is 2.58. The largest absolute Gasteiger partial charge is 0.345 e. The van der Waals surface area contributed by atoms with E-state index in [9.17, 15) is 9.59 Å². The van der Waals surface area contributed by atoms with Crippen LogP contribution in [0.15, 0.2) is 48.5 Å². The van der Waals surface area contributed by atoms with Crippen LogP contribution >= 0.6 is 0 Å². The van der Waals surface area contributed by atoms with Crippen molar-refractivity contribution in [1.29, 1.82) is 0 Å². The van der Waals surface area contributed by atoms with E-state index < -0.39 is 6.04 Å². The summed E-state index contributed by atoms with van der Waals surface area (Å²) in [6.07, 6.45) is 0.846. The van der Waals surface area contributed by atoms with Crippen LogP contribution in [0.2, 0.25) is 0 Å². The van der Waals surface area contributed by atoms with Crippen molar-refractivity contribution < 1.29 is 9.59 Å². The van der Waals surface area contributed by atoms with Crippen molar-refractivity contribution in [2.24, 2.45) is 5.73 Å². The Morgan fingerprint density at radius 1 is 1.17 bits per heavy atom. The summed E-state index contributed by atoms with van der Waals surface area (Å²) in [5.41, 5.74) is 9.90. The van der Waals surface area contributed by atoms with Gasteiger partial charge in [-0.05, 0) is 30.5 Å². The van der Waals surface area contributed by atoms with Crippen LogP contribution in [-0.4, -0.2) is 24.9 Å². The fraction of sp³-hybridized carbons (Fsp3) is 0.263. The number of carbonyl (C=O) groups is 2. The van der Waals surface area contributed by atoms with Crippen molar-refractivity contribution >= 4 is 17.5 Å². The Morgan fingerprint density at radius 3 is 2.62 bits per heavy atom. The van der Waals surface area contributed by atoms with E-state index >= 15 is 0 Å². The topological polar surface area (TPSA) is 75.4 Å². The van der Waals surface area contributed by atoms with Crippen LogP contribution in [0, 0.1) is 6.92 Å². The predicted molar refractivity (Wildman–Crippen MR) is 93.6 cm³/mol. The number of para-hydroxylation sites is 1. The first kappa shape index (κ1) is 16.2. The number of nitrogens with two attached hydrogens (primary N) is 1. The molecule has 3 rings (SSSR count). The summed E-state index contributed by atoms with van der Waals surface area (Å²) in [5, 5.41) is 2.65. The highest BCUT2D eigenvalue weighted by Crippen LogP contribution is 2.27. The van der Waals surface area contributed by atoms with E-state index in [1.807, 2.05) is 55.5 Å². The first-order valence-electron chi connectivity index (χ1n) is 8.04. The first-order chi connectivity index (χ1) is 11.6. The van der Waals surface area contributed by atoms with Gasteiger partial charge < -0.3 is 16.0 Å². The van der Waals surface area contributed by atoms with E-state index in [2.05, 4.69) is 5.32 Å². The molecule has 0 aliphatic carbocycles. The molecule has 24 heavy (non-hydrogen) atoms. The zero-order valence-corrected chi connectivity index (χ0v) is 13.7. The molecular formula is C19H21N3O2. The summed E-state index contributed by atoms with van der Waals surface area (Å²) in [5.74, 6) is -0.468. The number of anilines is 1. The molecule has 1 aliphatic heterocycles. The minimum absolute atomic E-state index is 0.0489. The van der Waals surface area contributed by atoms with E-state index in [0.29, 0.717) is 6.54 Å². The van der Waals surface area contributed by atoms with Crippen LogP contribution in [0.1, 0.15) is 22.7 Å². The Kier molecular flexibility index (Phi) is 4.62. The number of hydrogen-bond acceptors (Lipinski definition) is 3. The lowest BCUT2D eigenvalue weighted by Gasteiger charge is -2.18. The Balaban J connectivity index is 1.58. The normalized spacial score (nSPS) is 14.2. The van der Waals surface area contributed by atoms with Gasteiger partial charge in [-0.2, -0.15) is 0 Å². The molecule has 2 amide bonds. The van der Waals surface area contributed by atoms with Crippen LogP contribution in [0.25, 0.3) is 0 Å². The van der Waals surface area contributed by atoms with Crippen LogP contribution in [0.5, 0.6) is 0 Å². The molecule has 0 fully saturated rings. The SMILES string of the molecule is Cc1ccc(C(N)C(=O)NCC(=O)N2CCc3ccccc32)cc1. The smallest absolute Gasteiger partial charge is 0.246 e. The molecular weight excluding hydrogens is 302 g/mol. The standard InChI is InChI=1S/C19H21N3O2/c1-13-6-8-15(9-7-13)18(20)19(24)21-12-17(23)22-11-10-14-4-2-3-5-16(14)22/h2-9,18H,10-12,20H2,1H3,(H,21,24). The van der Waals surface area contributed by atoms with Gasteiger partial charge in [-0.15, -0.1) is 0 Å². The minimum Gasteiger partial charge on any atom is -0.345 e. The van der Waals surface area contributed by atoms with Crippen molar-refractivity contribution in [2.45, 2.75) is 19.4 Å². The first-order valence-corrected chi connectivity index (χ1v) is 8.04. The molecule has 3 N–H and O–H groups in total. The van der Waals surface area contributed by atoms with Crippen LogP contribution in [0.4, 0.5) is 5.69 Å². The van der Waals surface area contributed by atoms with E-state index in [0.717, 1.165) is 28.8 Å². The van der Waals surface area contributed by atoms with Gasteiger partial charge in [0.05, 0.1) is 6.54 Å².